The van der Waals surface area contributed by atoms with E-state index in [9.17, 15) is 0 Å². The largest absolute Gasteiger partial charge is 0.329 e. The first-order valence-electron chi connectivity index (χ1n) is 5.72. The summed E-state index contributed by atoms with van der Waals surface area (Å²) in [6.45, 7) is 2.68. The summed E-state index contributed by atoms with van der Waals surface area (Å²) < 4.78 is 0. The topological polar surface area (TPSA) is 32.5 Å². The molecule has 0 radical (unpaired) electrons. The molecular weight excluding hydrogens is 198 g/mol. The zero-order chi connectivity index (χ0) is 12.0. The Morgan fingerprint density at radius 1 is 1.12 bits per heavy atom. The predicted molar refractivity (Wildman–Crippen MR) is 69.3 cm³/mol. The van der Waals surface area contributed by atoms with Crippen LogP contribution in [0.25, 0.3) is 0 Å². The summed E-state index contributed by atoms with van der Waals surface area (Å²) >= 11 is 0. The fraction of sp³-hybridized carbons (Fsp3) is 0.538. The zero-order valence-corrected chi connectivity index (χ0v) is 10.6. The van der Waals surface area contributed by atoms with Crippen LogP contribution in [0.4, 0.5) is 0 Å². The first-order chi connectivity index (χ1) is 7.63. The molecule has 2 N–H and O–H groups in total. The van der Waals surface area contributed by atoms with Crippen molar-refractivity contribution in [1.82, 2.24) is 9.80 Å². The second-order valence-corrected chi connectivity index (χ2v) is 4.54. The van der Waals surface area contributed by atoms with Gasteiger partial charge in [-0.3, -0.25) is 0 Å². The lowest BCUT2D eigenvalue weighted by molar-refractivity contribution is 0.207. The molecule has 0 heterocycles. The van der Waals surface area contributed by atoms with Gasteiger partial charge in [0.2, 0.25) is 0 Å². The molecule has 16 heavy (non-hydrogen) atoms. The maximum Gasteiger partial charge on any atom is 0.0339 e. The molecule has 0 saturated heterocycles. The number of rotatable bonds is 6. The van der Waals surface area contributed by atoms with Crippen LogP contribution < -0.4 is 5.73 Å². The van der Waals surface area contributed by atoms with E-state index < -0.39 is 0 Å². The van der Waals surface area contributed by atoms with Gasteiger partial charge >= 0.3 is 0 Å². The molecule has 0 aliphatic rings. The fourth-order valence-electron chi connectivity index (χ4n) is 1.77. The molecule has 0 fully saturated rings. The number of hydrogen-bond acceptors (Lipinski definition) is 3. The van der Waals surface area contributed by atoms with Crippen LogP contribution in [0, 0.1) is 0 Å². The highest BCUT2D eigenvalue weighted by Gasteiger charge is 2.11. The maximum absolute atomic E-state index is 5.75. The van der Waals surface area contributed by atoms with Crippen LogP contribution >= 0.6 is 0 Å². The smallest absolute Gasteiger partial charge is 0.0339 e. The Bertz CT molecular complexity index is 284. The molecule has 1 unspecified atom stereocenters. The summed E-state index contributed by atoms with van der Waals surface area (Å²) in [5.74, 6) is 0. The lowest BCUT2D eigenvalue weighted by atomic mass is 10.2. The van der Waals surface area contributed by atoms with E-state index in [0.717, 1.165) is 13.1 Å². The van der Waals surface area contributed by atoms with Gasteiger partial charge in [-0.25, -0.2) is 0 Å². The van der Waals surface area contributed by atoms with Gasteiger partial charge in [-0.1, -0.05) is 30.3 Å². The molecule has 0 spiro atoms. The molecule has 0 bridgehead atoms. The van der Waals surface area contributed by atoms with E-state index in [1.807, 2.05) is 6.07 Å². The van der Waals surface area contributed by atoms with Gasteiger partial charge in [0.05, 0.1) is 0 Å². The molecule has 90 valence electrons. The molecule has 0 saturated carbocycles. The van der Waals surface area contributed by atoms with E-state index in [0.29, 0.717) is 12.6 Å². The third kappa shape index (κ3) is 4.31. The molecule has 1 aromatic rings. The summed E-state index contributed by atoms with van der Waals surface area (Å²) in [6, 6.07) is 10.9. The molecule has 1 rings (SSSR count). The van der Waals surface area contributed by atoms with E-state index in [4.69, 9.17) is 5.73 Å². The Balaban J connectivity index is 2.44. The fourth-order valence-corrected chi connectivity index (χ4v) is 1.77. The van der Waals surface area contributed by atoms with Crippen molar-refractivity contribution in [3.05, 3.63) is 35.9 Å². The Morgan fingerprint density at radius 3 is 2.25 bits per heavy atom. The quantitative estimate of drug-likeness (QED) is 0.778. The number of nitrogens with zero attached hydrogens (tertiary/aromatic N) is 2. The number of benzene rings is 1. The molecular formula is C13H23N3. The van der Waals surface area contributed by atoms with Gasteiger partial charge in [-0.15, -0.1) is 0 Å². The van der Waals surface area contributed by atoms with Crippen molar-refractivity contribution in [1.29, 1.82) is 0 Å². The third-order valence-electron chi connectivity index (χ3n) is 2.82. The Morgan fingerprint density at radius 2 is 1.75 bits per heavy atom. The van der Waals surface area contributed by atoms with Gasteiger partial charge < -0.3 is 15.5 Å². The van der Waals surface area contributed by atoms with Crippen LogP contribution in [0.2, 0.25) is 0 Å². The normalized spacial score (nSPS) is 13.4. The Hall–Kier alpha value is -0.900. The van der Waals surface area contributed by atoms with Gasteiger partial charge in [-0.05, 0) is 26.7 Å². The summed E-state index contributed by atoms with van der Waals surface area (Å²) in [5, 5.41) is 0. The average Bonchev–Trinajstić information content (AvgIpc) is 2.27. The average molecular weight is 221 g/mol. The monoisotopic (exact) mass is 221 g/mol. The van der Waals surface area contributed by atoms with E-state index >= 15 is 0 Å². The lowest BCUT2D eigenvalue weighted by Crippen LogP contribution is -2.43. The Kier molecular flexibility index (Phi) is 5.46. The van der Waals surface area contributed by atoms with Gasteiger partial charge in [0, 0.05) is 25.7 Å². The van der Waals surface area contributed by atoms with E-state index in [1.54, 1.807) is 0 Å². The first-order valence-corrected chi connectivity index (χ1v) is 5.72. The highest BCUT2D eigenvalue weighted by Crippen LogP contribution is 2.04. The van der Waals surface area contributed by atoms with Crippen molar-refractivity contribution in [2.75, 3.05) is 34.2 Å². The first kappa shape index (κ1) is 13.2. The zero-order valence-electron chi connectivity index (χ0n) is 10.6. The standard InChI is InChI=1S/C13H23N3/c1-15(2)13(9-14)11-16(3)10-12-7-5-4-6-8-12/h4-8,13H,9-11,14H2,1-3H3. The summed E-state index contributed by atoms with van der Waals surface area (Å²) in [6.07, 6.45) is 0. The van der Waals surface area contributed by atoms with Crippen molar-refractivity contribution >= 4 is 0 Å². The maximum atomic E-state index is 5.75. The predicted octanol–water partition coefficient (Wildman–Crippen LogP) is 1.01. The molecule has 3 nitrogen and oxygen atoms in total. The van der Waals surface area contributed by atoms with Crippen LogP contribution in [-0.4, -0.2) is 50.1 Å². The number of likely N-dealkylation sites (N-methyl/N-ethyl adjacent to an activating group) is 2. The summed E-state index contributed by atoms with van der Waals surface area (Å²) in [7, 11) is 6.29. The van der Waals surface area contributed by atoms with Crippen LogP contribution in [0.3, 0.4) is 0 Å². The highest BCUT2D eigenvalue weighted by molar-refractivity contribution is 5.14. The minimum atomic E-state index is 0.425. The lowest BCUT2D eigenvalue weighted by Gasteiger charge is -2.28. The van der Waals surface area contributed by atoms with Crippen LogP contribution in [0.1, 0.15) is 5.56 Å². The van der Waals surface area contributed by atoms with Crippen molar-refractivity contribution in [2.24, 2.45) is 5.73 Å². The van der Waals surface area contributed by atoms with Crippen molar-refractivity contribution in [3.63, 3.8) is 0 Å². The Labute approximate surface area is 98.8 Å². The molecule has 1 atom stereocenters. The summed E-state index contributed by atoms with van der Waals surface area (Å²) in [4.78, 5) is 4.49. The van der Waals surface area contributed by atoms with Crippen molar-refractivity contribution in [3.8, 4) is 0 Å². The van der Waals surface area contributed by atoms with Crippen molar-refractivity contribution < 1.29 is 0 Å². The minimum Gasteiger partial charge on any atom is -0.329 e. The summed E-state index contributed by atoms with van der Waals surface area (Å²) in [5.41, 5.74) is 7.09. The van der Waals surface area contributed by atoms with Gasteiger partial charge in [0.25, 0.3) is 0 Å². The van der Waals surface area contributed by atoms with Crippen molar-refractivity contribution in [2.45, 2.75) is 12.6 Å². The molecule has 1 aromatic carbocycles. The molecule has 0 aliphatic carbocycles. The van der Waals surface area contributed by atoms with Crippen LogP contribution in [-0.2, 0) is 6.54 Å². The molecule has 0 aromatic heterocycles. The second-order valence-electron chi connectivity index (χ2n) is 4.54. The van der Waals surface area contributed by atoms with Gasteiger partial charge in [-0.2, -0.15) is 0 Å². The van der Waals surface area contributed by atoms with E-state index in [2.05, 4.69) is 55.2 Å². The van der Waals surface area contributed by atoms with Gasteiger partial charge in [0.15, 0.2) is 0 Å². The molecule has 0 aliphatic heterocycles. The molecule has 0 amide bonds. The second kappa shape index (κ2) is 6.63. The van der Waals surface area contributed by atoms with E-state index in [1.165, 1.54) is 5.56 Å². The van der Waals surface area contributed by atoms with Crippen LogP contribution in [0.15, 0.2) is 30.3 Å². The SMILES string of the molecule is CN(Cc1ccccc1)CC(CN)N(C)C. The molecule has 3 heteroatoms. The van der Waals surface area contributed by atoms with E-state index in [-0.39, 0.29) is 0 Å². The number of nitrogens with two attached hydrogens (primary N) is 1. The third-order valence-corrected chi connectivity index (χ3v) is 2.82. The minimum absolute atomic E-state index is 0.425. The highest BCUT2D eigenvalue weighted by atomic mass is 15.2. The van der Waals surface area contributed by atoms with Crippen LogP contribution in [0.5, 0.6) is 0 Å². The van der Waals surface area contributed by atoms with Gasteiger partial charge in [0.1, 0.15) is 0 Å². The number of hydrogen-bond donors (Lipinski definition) is 1.